The molecule has 1 saturated heterocycles. The van der Waals surface area contributed by atoms with E-state index >= 15 is 0 Å². The minimum absolute atomic E-state index is 0.186. The Balaban J connectivity index is 1.41. The van der Waals surface area contributed by atoms with Crippen molar-refractivity contribution < 1.29 is 14.3 Å². The Morgan fingerprint density at radius 1 is 1.06 bits per heavy atom. The minimum Gasteiger partial charge on any atom is -0.495 e. The molecule has 1 amide bonds. The molecule has 7 nitrogen and oxygen atoms in total. The lowest BCUT2D eigenvalue weighted by Crippen LogP contribution is -2.35. The van der Waals surface area contributed by atoms with E-state index in [0.29, 0.717) is 23.7 Å². The van der Waals surface area contributed by atoms with Crippen LogP contribution < -0.4 is 15.4 Å². The van der Waals surface area contributed by atoms with Gasteiger partial charge >= 0.3 is 0 Å². The molecule has 0 saturated carbocycles. The number of nitrogens with one attached hydrogen (secondary N) is 2. The Labute approximate surface area is 188 Å². The van der Waals surface area contributed by atoms with Crippen LogP contribution in [-0.2, 0) is 17.8 Å². The molecule has 2 aromatic carbocycles. The first-order valence-corrected chi connectivity index (χ1v) is 10.7. The number of para-hydroxylation sites is 2. The fourth-order valence-electron chi connectivity index (χ4n) is 3.70. The second-order valence-corrected chi connectivity index (χ2v) is 7.62. The quantitative estimate of drug-likeness (QED) is 0.567. The van der Waals surface area contributed by atoms with E-state index < -0.39 is 0 Å². The molecule has 0 bridgehead atoms. The molecule has 1 aliphatic rings. The van der Waals surface area contributed by atoms with Gasteiger partial charge in [0.25, 0.3) is 5.91 Å². The van der Waals surface area contributed by atoms with Gasteiger partial charge in [-0.3, -0.25) is 9.69 Å². The molecule has 0 atom stereocenters. The normalized spacial score (nSPS) is 14.0. The first-order valence-electron chi connectivity index (χ1n) is 10.7. The second kappa shape index (κ2) is 10.7. The number of morpholine rings is 1. The lowest BCUT2D eigenvalue weighted by Gasteiger charge is -2.26. The Morgan fingerprint density at radius 3 is 2.72 bits per heavy atom. The van der Waals surface area contributed by atoms with E-state index in [1.807, 2.05) is 36.4 Å². The van der Waals surface area contributed by atoms with Gasteiger partial charge in [0, 0.05) is 32.4 Å². The van der Waals surface area contributed by atoms with Crippen molar-refractivity contribution in [1.29, 1.82) is 0 Å². The van der Waals surface area contributed by atoms with Gasteiger partial charge in [0.1, 0.15) is 11.6 Å². The number of aromatic nitrogens is 1. The minimum atomic E-state index is -0.186. The molecular formula is C25H28N4O3. The number of carbonyl (C=O) groups excluding carboxylic acids is 1. The van der Waals surface area contributed by atoms with Crippen LogP contribution >= 0.6 is 0 Å². The van der Waals surface area contributed by atoms with Crippen molar-refractivity contribution in [2.75, 3.05) is 38.7 Å². The maximum Gasteiger partial charge on any atom is 0.255 e. The molecular weight excluding hydrogens is 404 g/mol. The summed E-state index contributed by atoms with van der Waals surface area (Å²) < 4.78 is 10.8. The second-order valence-electron chi connectivity index (χ2n) is 7.62. The van der Waals surface area contributed by atoms with E-state index in [0.717, 1.165) is 44.1 Å². The van der Waals surface area contributed by atoms with Crippen LogP contribution in [0.3, 0.4) is 0 Å². The number of hydrogen-bond acceptors (Lipinski definition) is 6. The molecule has 1 aliphatic heterocycles. The maximum atomic E-state index is 12.9. The van der Waals surface area contributed by atoms with E-state index in [1.54, 1.807) is 25.4 Å². The third-order valence-electron chi connectivity index (χ3n) is 5.37. The Bertz CT molecular complexity index is 1050. The highest BCUT2D eigenvalue weighted by Gasteiger charge is 2.14. The summed E-state index contributed by atoms with van der Waals surface area (Å²) in [5.41, 5.74) is 3.52. The van der Waals surface area contributed by atoms with Gasteiger partial charge in [-0.25, -0.2) is 4.98 Å². The maximum absolute atomic E-state index is 12.9. The number of anilines is 2. The summed E-state index contributed by atoms with van der Waals surface area (Å²) in [6.45, 7) is 4.80. The van der Waals surface area contributed by atoms with Gasteiger partial charge in [-0.15, -0.1) is 0 Å². The number of rotatable bonds is 8. The zero-order valence-electron chi connectivity index (χ0n) is 18.2. The first kappa shape index (κ1) is 21.8. The average Bonchev–Trinajstić information content (AvgIpc) is 2.84. The van der Waals surface area contributed by atoms with Crippen LogP contribution in [0.5, 0.6) is 5.75 Å². The molecule has 0 spiro atoms. The van der Waals surface area contributed by atoms with E-state index in [4.69, 9.17) is 9.47 Å². The van der Waals surface area contributed by atoms with Gasteiger partial charge in [0.15, 0.2) is 0 Å². The molecule has 2 heterocycles. The number of amides is 1. The highest BCUT2D eigenvalue weighted by molar-refractivity contribution is 5.99. The van der Waals surface area contributed by atoms with E-state index in [1.165, 1.54) is 5.56 Å². The predicted molar refractivity (Wildman–Crippen MR) is 124 cm³/mol. The van der Waals surface area contributed by atoms with Crippen molar-refractivity contribution in [2.45, 2.75) is 13.1 Å². The molecule has 166 valence electrons. The van der Waals surface area contributed by atoms with E-state index in [9.17, 15) is 4.79 Å². The largest absolute Gasteiger partial charge is 0.495 e. The smallest absolute Gasteiger partial charge is 0.255 e. The number of nitrogens with zero attached hydrogens (tertiary/aromatic N) is 2. The van der Waals surface area contributed by atoms with Crippen molar-refractivity contribution in [3.63, 3.8) is 0 Å². The van der Waals surface area contributed by atoms with Crippen LogP contribution in [0.2, 0.25) is 0 Å². The van der Waals surface area contributed by atoms with Crippen LogP contribution in [0.15, 0.2) is 66.9 Å². The number of ether oxygens (including phenoxy) is 2. The SMILES string of the molecule is COc1ccccc1Nc1ncccc1C(=O)NCc1cccc(CN2CCOCC2)c1. The molecule has 32 heavy (non-hydrogen) atoms. The van der Waals surface area contributed by atoms with Crippen LogP contribution in [0.1, 0.15) is 21.5 Å². The Hall–Kier alpha value is -3.42. The van der Waals surface area contributed by atoms with Gasteiger partial charge < -0.3 is 20.1 Å². The van der Waals surface area contributed by atoms with Gasteiger partial charge in [-0.1, -0.05) is 36.4 Å². The zero-order valence-corrected chi connectivity index (χ0v) is 18.2. The van der Waals surface area contributed by atoms with Gasteiger partial charge in [-0.2, -0.15) is 0 Å². The van der Waals surface area contributed by atoms with Crippen molar-refractivity contribution in [3.05, 3.63) is 83.6 Å². The summed E-state index contributed by atoms with van der Waals surface area (Å²) in [6.07, 6.45) is 1.66. The standard InChI is InChI=1S/C25H28N4O3/c1-31-23-10-3-2-9-22(23)28-24-21(8-5-11-26-24)25(30)27-17-19-6-4-7-20(16-19)18-29-12-14-32-15-13-29/h2-11,16H,12-15,17-18H2,1H3,(H,26,28)(H,27,30). The van der Waals surface area contributed by atoms with Gasteiger partial charge in [0.2, 0.25) is 0 Å². The molecule has 1 aromatic heterocycles. The summed E-state index contributed by atoms with van der Waals surface area (Å²) in [6, 6.07) is 19.4. The number of hydrogen-bond donors (Lipinski definition) is 2. The first-order chi connectivity index (χ1) is 15.7. The molecule has 4 rings (SSSR count). The third kappa shape index (κ3) is 5.63. The summed E-state index contributed by atoms with van der Waals surface area (Å²) >= 11 is 0. The molecule has 0 aliphatic carbocycles. The van der Waals surface area contributed by atoms with Crippen LogP contribution in [0.25, 0.3) is 0 Å². The fourth-order valence-corrected chi connectivity index (χ4v) is 3.70. The summed E-state index contributed by atoms with van der Waals surface area (Å²) in [5.74, 6) is 0.978. The van der Waals surface area contributed by atoms with E-state index in [2.05, 4.69) is 32.7 Å². The number of pyridine rings is 1. The van der Waals surface area contributed by atoms with E-state index in [-0.39, 0.29) is 5.91 Å². The van der Waals surface area contributed by atoms with Crippen molar-refractivity contribution >= 4 is 17.4 Å². The molecule has 0 radical (unpaired) electrons. The molecule has 3 aromatic rings. The Kier molecular flexibility index (Phi) is 7.32. The van der Waals surface area contributed by atoms with Gasteiger partial charge in [0.05, 0.1) is 31.6 Å². The van der Waals surface area contributed by atoms with Crippen LogP contribution in [-0.4, -0.2) is 49.2 Å². The van der Waals surface area contributed by atoms with Crippen molar-refractivity contribution in [1.82, 2.24) is 15.2 Å². The molecule has 0 unspecified atom stereocenters. The van der Waals surface area contributed by atoms with Crippen molar-refractivity contribution in [3.8, 4) is 5.75 Å². The summed E-state index contributed by atoms with van der Waals surface area (Å²) in [5, 5.41) is 6.23. The van der Waals surface area contributed by atoms with Crippen molar-refractivity contribution in [2.24, 2.45) is 0 Å². The van der Waals surface area contributed by atoms with Crippen LogP contribution in [0, 0.1) is 0 Å². The molecule has 2 N–H and O–H groups in total. The highest BCUT2D eigenvalue weighted by Crippen LogP contribution is 2.27. The zero-order chi connectivity index (χ0) is 22.2. The Morgan fingerprint density at radius 2 is 1.88 bits per heavy atom. The predicted octanol–water partition coefficient (Wildman–Crippen LogP) is 3.60. The summed E-state index contributed by atoms with van der Waals surface area (Å²) in [7, 11) is 1.61. The molecule has 1 fully saturated rings. The summed E-state index contributed by atoms with van der Waals surface area (Å²) in [4.78, 5) is 19.7. The number of carbonyl (C=O) groups is 1. The van der Waals surface area contributed by atoms with Gasteiger partial charge in [-0.05, 0) is 35.4 Å². The van der Waals surface area contributed by atoms with Crippen LogP contribution in [0.4, 0.5) is 11.5 Å². The lowest BCUT2D eigenvalue weighted by molar-refractivity contribution is 0.0342. The fraction of sp³-hybridized carbons (Fsp3) is 0.280. The third-order valence-corrected chi connectivity index (χ3v) is 5.37. The average molecular weight is 433 g/mol. The highest BCUT2D eigenvalue weighted by atomic mass is 16.5. The number of methoxy groups -OCH3 is 1. The molecule has 7 heteroatoms. The topological polar surface area (TPSA) is 75.7 Å². The number of benzene rings is 2. The lowest BCUT2D eigenvalue weighted by atomic mass is 10.1. The monoisotopic (exact) mass is 432 g/mol.